The summed E-state index contributed by atoms with van der Waals surface area (Å²) in [5.41, 5.74) is 5.60. The van der Waals surface area contributed by atoms with E-state index >= 15 is 0 Å². The Hall–Kier alpha value is -6.31. The molecule has 0 atom stereocenters. The standard InChI is InChI=1S/C41H25F3N4/c1-24-11-8-19-34-37(24)28-13-4-6-17-32(28)47(34)36-22-26(39-30(41(42,43)44)15-10-16-31(39)46-3)21-27(23-45)40(36)48-33-18-7-5-14-29(33)38-25(2)12-9-20-35(38)48/h4-22H,1-2H3. The molecule has 0 amide bonds. The van der Waals surface area contributed by atoms with Crippen LogP contribution in [0.5, 0.6) is 0 Å². The Bertz CT molecular complexity index is 2710. The molecule has 7 heteroatoms. The van der Waals surface area contributed by atoms with Gasteiger partial charge in [0.05, 0.1) is 51.1 Å². The lowest BCUT2D eigenvalue weighted by Gasteiger charge is -2.21. The maximum absolute atomic E-state index is 14.6. The van der Waals surface area contributed by atoms with Crippen LogP contribution in [0.3, 0.4) is 0 Å². The van der Waals surface area contributed by atoms with Crippen LogP contribution in [0.25, 0.3) is 71.0 Å². The molecule has 0 aliphatic carbocycles. The van der Waals surface area contributed by atoms with Gasteiger partial charge in [0.25, 0.3) is 0 Å². The molecule has 8 aromatic rings. The fourth-order valence-corrected chi connectivity index (χ4v) is 7.33. The Labute approximate surface area is 273 Å². The number of nitrogens with zero attached hydrogens (tertiary/aromatic N) is 4. The third-order valence-corrected chi connectivity index (χ3v) is 9.24. The molecular weight excluding hydrogens is 605 g/mol. The highest BCUT2D eigenvalue weighted by molar-refractivity contribution is 6.13. The molecule has 2 aromatic heterocycles. The number of aromatic nitrogens is 2. The number of alkyl halides is 3. The molecule has 48 heavy (non-hydrogen) atoms. The van der Waals surface area contributed by atoms with Gasteiger partial charge in [-0.15, -0.1) is 0 Å². The fourth-order valence-electron chi connectivity index (χ4n) is 7.33. The number of halogens is 3. The lowest BCUT2D eigenvalue weighted by atomic mass is 9.94. The number of para-hydroxylation sites is 2. The zero-order valence-corrected chi connectivity index (χ0v) is 25.9. The number of benzene rings is 6. The summed E-state index contributed by atoms with van der Waals surface area (Å²) in [6.07, 6.45) is -4.73. The van der Waals surface area contributed by atoms with Crippen LogP contribution in [-0.4, -0.2) is 9.13 Å². The SMILES string of the molecule is [C-]#[N+]c1cccc(C(F)(F)F)c1-c1cc(C#N)c(-n2c3ccccc3c3c(C)cccc32)c(-n2c3ccccc3c3c(C)cccc32)c1. The number of hydrogen-bond donors (Lipinski definition) is 0. The van der Waals surface area contributed by atoms with Gasteiger partial charge in [0.15, 0.2) is 5.69 Å². The first-order chi connectivity index (χ1) is 23.2. The lowest BCUT2D eigenvalue weighted by Crippen LogP contribution is -2.09. The maximum Gasteiger partial charge on any atom is 0.415 e. The van der Waals surface area contributed by atoms with E-state index in [0.717, 1.165) is 60.8 Å². The largest absolute Gasteiger partial charge is 0.415 e. The van der Waals surface area contributed by atoms with Gasteiger partial charge in [-0.25, -0.2) is 4.85 Å². The molecule has 4 nitrogen and oxygen atoms in total. The molecule has 0 fully saturated rings. The summed E-state index contributed by atoms with van der Waals surface area (Å²) >= 11 is 0. The van der Waals surface area contributed by atoms with Gasteiger partial charge in [-0.05, 0) is 72.5 Å². The minimum absolute atomic E-state index is 0.139. The summed E-state index contributed by atoms with van der Waals surface area (Å²) in [6.45, 7) is 11.9. The van der Waals surface area contributed by atoms with Crippen LogP contribution >= 0.6 is 0 Å². The van der Waals surface area contributed by atoms with E-state index in [2.05, 4.69) is 15.5 Å². The first-order valence-corrected chi connectivity index (χ1v) is 15.4. The van der Waals surface area contributed by atoms with Crippen LogP contribution in [-0.2, 0) is 6.18 Å². The quantitative estimate of drug-likeness (QED) is 0.179. The molecule has 0 spiro atoms. The van der Waals surface area contributed by atoms with Crippen molar-refractivity contribution in [1.29, 1.82) is 5.26 Å². The monoisotopic (exact) mass is 630 g/mol. The number of rotatable bonds is 3. The fraction of sp³-hybridized carbons (Fsp3) is 0.0732. The minimum atomic E-state index is -4.73. The summed E-state index contributed by atoms with van der Waals surface area (Å²) in [5.74, 6) is 0. The summed E-state index contributed by atoms with van der Waals surface area (Å²) in [4.78, 5) is 3.50. The third-order valence-electron chi connectivity index (χ3n) is 9.24. The molecule has 0 N–H and O–H groups in total. The molecule has 2 heterocycles. The van der Waals surface area contributed by atoms with E-state index < -0.39 is 11.7 Å². The topological polar surface area (TPSA) is 38.0 Å². The van der Waals surface area contributed by atoms with Crippen LogP contribution in [0.4, 0.5) is 18.9 Å². The molecule has 230 valence electrons. The summed E-state index contributed by atoms with van der Waals surface area (Å²) in [7, 11) is 0. The second-order valence-electron chi connectivity index (χ2n) is 12.0. The number of nitriles is 1. The predicted octanol–water partition coefficient (Wildman–Crippen LogP) is 11.6. The molecule has 0 aliphatic heterocycles. The van der Waals surface area contributed by atoms with Crippen molar-refractivity contribution in [3.63, 3.8) is 0 Å². The third kappa shape index (κ3) is 4.15. The minimum Gasteiger partial charge on any atom is -0.307 e. The molecule has 6 aromatic carbocycles. The number of hydrogen-bond acceptors (Lipinski definition) is 1. The zero-order chi connectivity index (χ0) is 33.3. The van der Waals surface area contributed by atoms with E-state index in [-0.39, 0.29) is 22.4 Å². The number of fused-ring (bicyclic) bond motifs is 6. The smallest absolute Gasteiger partial charge is 0.307 e. The summed E-state index contributed by atoms with van der Waals surface area (Å²) in [5, 5.41) is 14.9. The zero-order valence-electron chi connectivity index (χ0n) is 25.9. The van der Waals surface area contributed by atoms with E-state index in [1.54, 1.807) is 6.07 Å². The first-order valence-electron chi connectivity index (χ1n) is 15.4. The highest BCUT2D eigenvalue weighted by Gasteiger charge is 2.35. The maximum atomic E-state index is 14.6. The Morgan fingerprint density at radius 2 is 1.21 bits per heavy atom. The Kier molecular flexibility index (Phi) is 6.44. The van der Waals surface area contributed by atoms with Gasteiger partial charge < -0.3 is 9.13 Å². The van der Waals surface area contributed by atoms with Crippen LogP contribution in [0, 0.1) is 31.8 Å². The second kappa shape index (κ2) is 10.6. The van der Waals surface area contributed by atoms with Gasteiger partial charge in [0.2, 0.25) is 0 Å². The molecule has 0 bridgehead atoms. The molecular formula is C41H25F3N4. The molecule has 8 rings (SSSR count). The highest BCUT2D eigenvalue weighted by Crippen LogP contribution is 2.46. The van der Waals surface area contributed by atoms with Gasteiger partial charge in [0.1, 0.15) is 6.07 Å². The van der Waals surface area contributed by atoms with Crippen molar-refractivity contribution in [2.75, 3.05) is 0 Å². The Balaban J connectivity index is 1.63. The Morgan fingerprint density at radius 3 is 1.79 bits per heavy atom. The van der Waals surface area contributed by atoms with Gasteiger partial charge in [-0.2, -0.15) is 18.4 Å². The Morgan fingerprint density at radius 1 is 0.667 bits per heavy atom. The first kappa shape index (κ1) is 29.1. The van der Waals surface area contributed by atoms with Crippen LogP contribution in [0.1, 0.15) is 22.3 Å². The molecule has 0 unspecified atom stereocenters. The van der Waals surface area contributed by atoms with Crippen molar-refractivity contribution in [3.05, 3.63) is 149 Å². The van der Waals surface area contributed by atoms with Gasteiger partial charge >= 0.3 is 6.18 Å². The van der Waals surface area contributed by atoms with Gasteiger partial charge in [0, 0.05) is 21.5 Å². The van der Waals surface area contributed by atoms with E-state index in [0.29, 0.717) is 11.4 Å². The van der Waals surface area contributed by atoms with Crippen molar-refractivity contribution in [3.8, 4) is 28.6 Å². The van der Waals surface area contributed by atoms with Crippen molar-refractivity contribution in [2.45, 2.75) is 20.0 Å². The van der Waals surface area contributed by atoms with Crippen LogP contribution < -0.4 is 0 Å². The number of aryl methyl sites for hydroxylation is 2. The van der Waals surface area contributed by atoms with Crippen molar-refractivity contribution >= 4 is 49.3 Å². The predicted molar refractivity (Wildman–Crippen MR) is 186 cm³/mol. The van der Waals surface area contributed by atoms with Crippen LogP contribution in [0.2, 0.25) is 0 Å². The van der Waals surface area contributed by atoms with Crippen molar-refractivity contribution < 1.29 is 13.2 Å². The van der Waals surface area contributed by atoms with E-state index in [1.807, 2.05) is 103 Å². The summed E-state index contributed by atoms with van der Waals surface area (Å²) in [6, 6.07) is 37.1. The second-order valence-corrected chi connectivity index (χ2v) is 12.0. The normalized spacial score (nSPS) is 11.8. The molecule has 0 radical (unpaired) electrons. The lowest BCUT2D eigenvalue weighted by molar-refractivity contribution is -0.137. The average molecular weight is 631 g/mol. The van der Waals surface area contributed by atoms with Crippen LogP contribution in [0.15, 0.2) is 115 Å². The molecule has 0 saturated carbocycles. The van der Waals surface area contributed by atoms with E-state index in [4.69, 9.17) is 6.57 Å². The molecule has 0 saturated heterocycles. The molecule has 0 aliphatic rings. The van der Waals surface area contributed by atoms with E-state index in [9.17, 15) is 18.4 Å². The highest BCUT2D eigenvalue weighted by atomic mass is 19.4. The average Bonchev–Trinajstić information content (AvgIpc) is 3.61. The van der Waals surface area contributed by atoms with Gasteiger partial charge in [-0.3, -0.25) is 0 Å². The van der Waals surface area contributed by atoms with Crippen molar-refractivity contribution in [1.82, 2.24) is 9.13 Å². The summed E-state index contributed by atoms with van der Waals surface area (Å²) < 4.78 is 47.8. The van der Waals surface area contributed by atoms with E-state index in [1.165, 1.54) is 18.2 Å². The van der Waals surface area contributed by atoms with Crippen molar-refractivity contribution in [2.24, 2.45) is 0 Å². The van der Waals surface area contributed by atoms with Gasteiger partial charge in [-0.1, -0.05) is 78.9 Å².